The third-order valence-corrected chi connectivity index (χ3v) is 7.39. The molecule has 0 saturated carbocycles. The van der Waals surface area contributed by atoms with Crippen molar-refractivity contribution in [1.29, 1.82) is 0 Å². The van der Waals surface area contributed by atoms with E-state index in [1.54, 1.807) is 48.5 Å². The summed E-state index contributed by atoms with van der Waals surface area (Å²) in [6.45, 7) is 4.81. The Morgan fingerprint density at radius 1 is 0.939 bits per heavy atom. The number of hydrogen-bond donors (Lipinski definition) is 1. The Morgan fingerprint density at radius 3 is 2.24 bits per heavy atom. The zero-order valence-electron chi connectivity index (χ0n) is 18.7. The molecule has 33 heavy (non-hydrogen) atoms. The van der Waals surface area contributed by atoms with Gasteiger partial charge in [-0.3, -0.25) is 9.10 Å². The van der Waals surface area contributed by atoms with Crippen molar-refractivity contribution in [2.45, 2.75) is 24.8 Å². The van der Waals surface area contributed by atoms with Crippen molar-refractivity contribution in [3.8, 4) is 11.5 Å². The monoisotopic (exact) mass is 466 g/mol. The first-order chi connectivity index (χ1) is 15.8. The summed E-state index contributed by atoms with van der Waals surface area (Å²) in [7, 11) is -2.20. The Balaban J connectivity index is 1.45. The van der Waals surface area contributed by atoms with E-state index in [2.05, 4.69) is 5.32 Å². The van der Waals surface area contributed by atoms with E-state index in [0.29, 0.717) is 36.0 Å². The molecule has 0 fully saturated rings. The molecule has 1 atom stereocenters. The van der Waals surface area contributed by atoms with Crippen molar-refractivity contribution < 1.29 is 22.7 Å². The molecule has 1 amide bonds. The van der Waals surface area contributed by atoms with Gasteiger partial charge in [-0.05, 0) is 67.9 Å². The van der Waals surface area contributed by atoms with Crippen LogP contribution in [0, 0.1) is 6.92 Å². The highest BCUT2D eigenvalue weighted by atomic mass is 32.2. The second-order valence-electron chi connectivity index (χ2n) is 7.93. The van der Waals surface area contributed by atoms with Crippen LogP contribution in [-0.4, -0.2) is 34.6 Å². The van der Waals surface area contributed by atoms with Crippen LogP contribution in [0.1, 0.15) is 34.5 Å². The smallest absolute Gasteiger partial charge is 0.264 e. The summed E-state index contributed by atoms with van der Waals surface area (Å²) in [5.74, 6) is 1.11. The van der Waals surface area contributed by atoms with Crippen molar-refractivity contribution in [2.24, 2.45) is 0 Å². The van der Waals surface area contributed by atoms with E-state index in [1.807, 2.05) is 32.0 Å². The minimum atomic E-state index is -3.69. The zero-order valence-corrected chi connectivity index (χ0v) is 19.6. The summed E-state index contributed by atoms with van der Waals surface area (Å²) < 4.78 is 38.1. The molecule has 0 bridgehead atoms. The molecule has 0 spiro atoms. The van der Waals surface area contributed by atoms with Gasteiger partial charge in [0.1, 0.15) is 13.2 Å². The molecule has 0 radical (unpaired) electrons. The van der Waals surface area contributed by atoms with Crippen LogP contribution >= 0.6 is 0 Å². The number of nitrogens with zero attached hydrogens (tertiary/aromatic N) is 1. The predicted octanol–water partition coefficient (Wildman–Crippen LogP) is 4.08. The van der Waals surface area contributed by atoms with Gasteiger partial charge in [0.25, 0.3) is 15.9 Å². The van der Waals surface area contributed by atoms with Gasteiger partial charge in [0.15, 0.2) is 11.5 Å². The normalized spacial score (nSPS) is 13.8. The SMILES string of the molecule is Cc1ccc(S(=O)(=O)N(C)c2ccc(C(=O)N[C@@H](C)c3ccc4c(c3)OCCO4)cc2)cc1. The molecule has 172 valence electrons. The fourth-order valence-electron chi connectivity index (χ4n) is 3.52. The number of anilines is 1. The number of sulfonamides is 1. The summed E-state index contributed by atoms with van der Waals surface area (Å²) in [6, 6.07) is 18.5. The number of fused-ring (bicyclic) bond motifs is 1. The van der Waals surface area contributed by atoms with Crippen molar-refractivity contribution >= 4 is 21.6 Å². The third kappa shape index (κ3) is 4.80. The largest absolute Gasteiger partial charge is 0.486 e. The van der Waals surface area contributed by atoms with E-state index < -0.39 is 10.0 Å². The Morgan fingerprint density at radius 2 is 1.58 bits per heavy atom. The van der Waals surface area contributed by atoms with Gasteiger partial charge in [-0.1, -0.05) is 23.8 Å². The highest BCUT2D eigenvalue weighted by Gasteiger charge is 2.22. The molecule has 1 N–H and O–H groups in total. The number of ether oxygens (including phenoxy) is 2. The van der Waals surface area contributed by atoms with Crippen LogP contribution in [-0.2, 0) is 10.0 Å². The van der Waals surface area contributed by atoms with Gasteiger partial charge >= 0.3 is 0 Å². The van der Waals surface area contributed by atoms with Crippen LogP contribution in [0.3, 0.4) is 0 Å². The molecule has 0 aliphatic carbocycles. The summed E-state index contributed by atoms with van der Waals surface area (Å²) in [6.07, 6.45) is 0. The number of amides is 1. The molecule has 1 aliphatic heterocycles. The van der Waals surface area contributed by atoms with E-state index in [4.69, 9.17) is 9.47 Å². The first-order valence-electron chi connectivity index (χ1n) is 10.6. The van der Waals surface area contributed by atoms with Gasteiger partial charge in [0, 0.05) is 12.6 Å². The molecular weight excluding hydrogens is 440 g/mol. The number of aryl methyl sites for hydroxylation is 1. The quantitative estimate of drug-likeness (QED) is 0.592. The summed E-state index contributed by atoms with van der Waals surface area (Å²) >= 11 is 0. The van der Waals surface area contributed by atoms with Gasteiger partial charge in [-0.15, -0.1) is 0 Å². The Labute approximate surface area is 194 Å². The van der Waals surface area contributed by atoms with Gasteiger partial charge in [-0.25, -0.2) is 8.42 Å². The fourth-order valence-corrected chi connectivity index (χ4v) is 4.72. The van der Waals surface area contributed by atoms with Gasteiger partial charge in [0.05, 0.1) is 16.6 Å². The van der Waals surface area contributed by atoms with Crippen LogP contribution in [0.25, 0.3) is 0 Å². The van der Waals surface area contributed by atoms with E-state index in [0.717, 1.165) is 11.1 Å². The van der Waals surface area contributed by atoms with Crippen LogP contribution in [0.2, 0.25) is 0 Å². The Hall–Kier alpha value is -3.52. The first-order valence-corrected chi connectivity index (χ1v) is 12.1. The molecule has 1 heterocycles. The number of rotatable bonds is 6. The van der Waals surface area contributed by atoms with Crippen molar-refractivity contribution in [1.82, 2.24) is 5.32 Å². The predicted molar refractivity (Wildman–Crippen MR) is 127 cm³/mol. The molecular formula is C25H26N2O5S. The average molecular weight is 467 g/mol. The van der Waals surface area contributed by atoms with Crippen LogP contribution < -0.4 is 19.1 Å². The molecule has 1 aliphatic rings. The highest BCUT2D eigenvalue weighted by Crippen LogP contribution is 2.32. The van der Waals surface area contributed by atoms with Crippen molar-refractivity contribution in [3.63, 3.8) is 0 Å². The van der Waals surface area contributed by atoms with Gasteiger partial charge in [-0.2, -0.15) is 0 Å². The maximum Gasteiger partial charge on any atom is 0.264 e. The molecule has 3 aromatic rings. The topological polar surface area (TPSA) is 84.9 Å². The molecule has 0 aromatic heterocycles. The van der Waals surface area contributed by atoms with Crippen molar-refractivity contribution in [3.05, 3.63) is 83.4 Å². The second kappa shape index (κ2) is 9.15. The standard InChI is InChI=1S/C25H26N2O5S/c1-17-4-11-22(12-5-17)33(29,30)27(3)21-9-6-19(7-10-21)25(28)26-18(2)20-8-13-23-24(16-20)32-15-14-31-23/h4-13,16,18H,14-15H2,1-3H3,(H,26,28)/t18-/m0/s1. The second-order valence-corrected chi connectivity index (χ2v) is 9.90. The molecule has 4 rings (SSSR count). The lowest BCUT2D eigenvalue weighted by Crippen LogP contribution is -2.28. The number of nitrogens with one attached hydrogen (secondary N) is 1. The fraction of sp³-hybridized carbons (Fsp3) is 0.240. The first kappa shape index (κ1) is 22.7. The van der Waals surface area contributed by atoms with Gasteiger partial charge in [0.2, 0.25) is 0 Å². The maximum atomic E-state index is 12.9. The minimum absolute atomic E-state index is 0.214. The Kier molecular flexibility index (Phi) is 6.29. The van der Waals surface area contributed by atoms with E-state index in [9.17, 15) is 13.2 Å². The number of carbonyl (C=O) groups excluding carboxylic acids is 1. The molecule has 7 nitrogen and oxygen atoms in total. The minimum Gasteiger partial charge on any atom is -0.486 e. The summed E-state index contributed by atoms with van der Waals surface area (Å²) in [5, 5.41) is 2.96. The van der Waals surface area contributed by atoms with E-state index in [-0.39, 0.29) is 16.8 Å². The number of carbonyl (C=O) groups is 1. The summed E-state index contributed by atoms with van der Waals surface area (Å²) in [5.41, 5.74) is 2.78. The highest BCUT2D eigenvalue weighted by molar-refractivity contribution is 7.92. The van der Waals surface area contributed by atoms with E-state index in [1.165, 1.54) is 11.4 Å². The lowest BCUT2D eigenvalue weighted by Gasteiger charge is -2.21. The molecule has 8 heteroatoms. The van der Waals surface area contributed by atoms with E-state index >= 15 is 0 Å². The lowest BCUT2D eigenvalue weighted by atomic mass is 10.1. The zero-order chi connectivity index (χ0) is 23.6. The molecule has 3 aromatic carbocycles. The number of hydrogen-bond acceptors (Lipinski definition) is 5. The van der Waals surface area contributed by atoms with Gasteiger partial charge < -0.3 is 14.8 Å². The molecule has 0 unspecified atom stereocenters. The van der Waals surface area contributed by atoms with Crippen molar-refractivity contribution in [2.75, 3.05) is 24.6 Å². The summed E-state index contributed by atoms with van der Waals surface area (Å²) in [4.78, 5) is 13.0. The average Bonchev–Trinajstić information content (AvgIpc) is 2.83. The van der Waals surface area contributed by atoms with Crippen LogP contribution in [0.5, 0.6) is 11.5 Å². The van der Waals surface area contributed by atoms with Crippen LogP contribution in [0.4, 0.5) is 5.69 Å². The van der Waals surface area contributed by atoms with Crippen LogP contribution in [0.15, 0.2) is 71.6 Å². The third-order valence-electron chi connectivity index (χ3n) is 5.59. The Bertz CT molecular complexity index is 1250. The lowest BCUT2D eigenvalue weighted by molar-refractivity contribution is 0.0939. The maximum absolute atomic E-state index is 12.9. The number of benzene rings is 3. The molecule has 0 saturated heterocycles.